The summed E-state index contributed by atoms with van der Waals surface area (Å²) in [7, 11) is 0. The minimum absolute atomic E-state index is 0.0518. The van der Waals surface area contributed by atoms with E-state index >= 15 is 0 Å². The lowest BCUT2D eigenvalue weighted by Crippen LogP contribution is -2.61. The third kappa shape index (κ3) is 19.1. The molecule has 10 atom stereocenters. The van der Waals surface area contributed by atoms with Crippen LogP contribution in [0.5, 0.6) is 0 Å². The molecule has 69 heavy (non-hydrogen) atoms. The van der Waals surface area contributed by atoms with Crippen LogP contribution in [0.3, 0.4) is 0 Å². The highest BCUT2D eigenvalue weighted by Gasteiger charge is 2.41. The summed E-state index contributed by atoms with van der Waals surface area (Å²) in [6.45, 7) is 10.7. The van der Waals surface area contributed by atoms with Gasteiger partial charge in [-0.3, -0.25) is 47.9 Å². The number of aliphatic hydroxyl groups excluding tert-OH is 1. The van der Waals surface area contributed by atoms with Gasteiger partial charge in [0, 0.05) is 31.3 Å². The van der Waals surface area contributed by atoms with Gasteiger partial charge in [0.1, 0.15) is 42.3 Å². The molecule has 1 aromatic heterocycles. The van der Waals surface area contributed by atoms with Gasteiger partial charge in [0.2, 0.25) is 59.1 Å². The van der Waals surface area contributed by atoms with Crippen molar-refractivity contribution in [3.8, 4) is 0 Å². The average Bonchev–Trinajstić information content (AvgIpc) is 3.98. The number of nitrogens with two attached hydrogens (primary N) is 3. The molecule has 0 radical (unpaired) electrons. The number of carboxylic acids is 1. The van der Waals surface area contributed by atoms with E-state index in [0.29, 0.717) is 18.5 Å². The molecule has 1 fully saturated rings. The molecule has 10 amide bonds. The Kier molecular flexibility index (Phi) is 23.7. The number of aliphatic carboxylic acids is 1. The number of carbonyl (C=O) groups is 11. The fraction of sp³-hybridized carbons (Fsp3) is 0.674. The molecule has 2 heterocycles. The largest absolute Gasteiger partial charge is 0.480 e. The maximum absolute atomic E-state index is 14.2. The maximum Gasteiger partial charge on any atom is 0.326 e. The van der Waals surface area contributed by atoms with Crippen LogP contribution in [0.4, 0.5) is 0 Å². The molecule has 1 aliphatic rings. The molecular weight excluding hydrogens is 907 g/mol. The maximum atomic E-state index is 14.2. The second kappa shape index (κ2) is 28.0. The van der Waals surface area contributed by atoms with Crippen LogP contribution in [0.15, 0.2) is 12.5 Å². The van der Waals surface area contributed by atoms with Crippen LogP contribution in [0, 0.1) is 17.8 Å². The average molecular weight is 978 g/mol. The SMILES string of the molecule is CC[C@H](C)[C@H](NC(=O)[C@@H](N)CCC(N)=O)C(=O)N[C@@H](CC(C)C)C(=O)N1CCC[C@H]1C(=O)N[C@@H](CC(N)=O)C(=O)NCC(=O)N[C@H](C(=O)N[C@H](C(=O)N[C@@H](Cc1cnc[nH]1)C(=O)O)C(C)C)[C@@H](C)O. The Bertz CT molecular complexity index is 1980. The topological polar surface area (TPSA) is 422 Å². The zero-order chi connectivity index (χ0) is 52.3. The number of aliphatic hydroxyl groups is 1. The number of likely N-dealkylation sites (tertiary alicyclic amines) is 1. The number of nitrogens with zero attached hydrogens (tertiary/aromatic N) is 2. The number of nitrogens with one attached hydrogen (secondary N) is 8. The number of amides is 10. The predicted molar refractivity (Wildman–Crippen MR) is 245 cm³/mol. The number of carbonyl (C=O) groups excluding carboxylic acids is 10. The van der Waals surface area contributed by atoms with Gasteiger partial charge in [0.25, 0.3) is 0 Å². The number of hydrogen-bond acceptors (Lipinski definition) is 14. The number of primary amides is 2. The minimum Gasteiger partial charge on any atom is -0.480 e. The standard InChI is InChI=1S/C43H71N13O13/c1-8-22(6)34(55-36(61)25(44)11-12-30(45)58)40(65)51-27(14-20(2)3)42(67)56-13-9-10-29(56)38(63)50-26(16-31(46)59)37(62)48-18-32(60)53-35(23(7)57)41(66)54-33(21(4)5)39(64)52-28(43(68)69)15-24-17-47-19-49-24/h17,19-23,25-29,33-35,57H,8-16,18,44H2,1-7H3,(H2,45,58)(H2,46,59)(H,47,49)(H,48,62)(H,50,63)(H,51,65)(H,52,64)(H,53,60)(H,54,66)(H,55,61)(H,68,69)/t22-,23+,25-,26-,27-,28-,29-,33-,34-,35-/m0/s1. The number of hydrogen-bond donors (Lipinski definition) is 13. The van der Waals surface area contributed by atoms with Gasteiger partial charge >= 0.3 is 5.97 Å². The Balaban J connectivity index is 2.16. The number of H-pyrrole nitrogens is 1. The van der Waals surface area contributed by atoms with Crippen molar-refractivity contribution in [3.63, 3.8) is 0 Å². The molecule has 0 unspecified atom stereocenters. The van der Waals surface area contributed by atoms with Gasteiger partial charge in [-0.2, -0.15) is 0 Å². The number of imidazole rings is 1. The second-order valence-electron chi connectivity index (χ2n) is 18.0. The van der Waals surface area contributed by atoms with Crippen LogP contribution in [0.2, 0.25) is 0 Å². The lowest BCUT2D eigenvalue weighted by atomic mass is 9.96. The van der Waals surface area contributed by atoms with Crippen molar-refractivity contribution in [2.75, 3.05) is 13.1 Å². The normalized spacial score (nSPS) is 17.4. The summed E-state index contributed by atoms with van der Waals surface area (Å²) in [5.41, 5.74) is 16.9. The molecule has 386 valence electrons. The first-order valence-corrected chi connectivity index (χ1v) is 22.9. The van der Waals surface area contributed by atoms with Crippen molar-refractivity contribution in [1.82, 2.24) is 52.1 Å². The molecule has 0 spiro atoms. The van der Waals surface area contributed by atoms with Crippen molar-refractivity contribution in [2.45, 2.75) is 154 Å². The lowest BCUT2D eigenvalue weighted by molar-refractivity contribution is -0.143. The molecule has 1 aliphatic heterocycles. The van der Waals surface area contributed by atoms with Gasteiger partial charge in [-0.15, -0.1) is 0 Å². The summed E-state index contributed by atoms with van der Waals surface area (Å²) in [4.78, 5) is 151. The van der Waals surface area contributed by atoms with Crippen LogP contribution >= 0.6 is 0 Å². The van der Waals surface area contributed by atoms with Gasteiger partial charge < -0.3 is 74.5 Å². The van der Waals surface area contributed by atoms with E-state index in [4.69, 9.17) is 17.2 Å². The van der Waals surface area contributed by atoms with E-state index in [1.165, 1.54) is 24.3 Å². The summed E-state index contributed by atoms with van der Waals surface area (Å²) in [6.07, 6.45) is 1.15. The molecule has 26 nitrogen and oxygen atoms in total. The van der Waals surface area contributed by atoms with Gasteiger partial charge in [0.15, 0.2) is 0 Å². The zero-order valence-electron chi connectivity index (χ0n) is 40.2. The highest BCUT2D eigenvalue weighted by molar-refractivity contribution is 5.99. The highest BCUT2D eigenvalue weighted by Crippen LogP contribution is 2.22. The van der Waals surface area contributed by atoms with Gasteiger partial charge in [-0.05, 0) is 50.4 Å². The van der Waals surface area contributed by atoms with E-state index in [2.05, 4.69) is 47.2 Å². The van der Waals surface area contributed by atoms with Crippen molar-refractivity contribution >= 4 is 65.0 Å². The number of carboxylic acid groups (broad SMARTS) is 1. The molecule has 26 heteroatoms. The fourth-order valence-electron chi connectivity index (χ4n) is 7.30. The first-order chi connectivity index (χ1) is 32.3. The summed E-state index contributed by atoms with van der Waals surface area (Å²) >= 11 is 0. The Labute approximate surface area is 399 Å². The molecular formula is C43H71N13O13. The first kappa shape index (κ1) is 58.4. The molecule has 1 aromatic rings. The summed E-state index contributed by atoms with van der Waals surface area (Å²) < 4.78 is 0. The van der Waals surface area contributed by atoms with Crippen molar-refractivity contribution in [2.24, 2.45) is 35.0 Å². The third-order valence-corrected chi connectivity index (χ3v) is 11.4. The van der Waals surface area contributed by atoms with Crippen molar-refractivity contribution < 1.29 is 63.0 Å². The van der Waals surface area contributed by atoms with E-state index in [1.54, 1.807) is 27.7 Å². The van der Waals surface area contributed by atoms with E-state index in [9.17, 15) is 63.0 Å². The highest BCUT2D eigenvalue weighted by atomic mass is 16.4. The Morgan fingerprint density at radius 2 is 1.39 bits per heavy atom. The Hall–Kier alpha value is -6.70. The van der Waals surface area contributed by atoms with Crippen LogP contribution in [-0.4, -0.2) is 158 Å². The lowest BCUT2D eigenvalue weighted by Gasteiger charge is -2.32. The number of rotatable bonds is 29. The molecule has 0 bridgehead atoms. The molecule has 0 aromatic carbocycles. The Morgan fingerprint density at radius 1 is 0.783 bits per heavy atom. The molecule has 0 aliphatic carbocycles. The second-order valence-corrected chi connectivity index (χ2v) is 18.0. The predicted octanol–water partition coefficient (Wildman–Crippen LogP) is -4.35. The van der Waals surface area contributed by atoms with Crippen LogP contribution in [-0.2, 0) is 59.2 Å². The van der Waals surface area contributed by atoms with E-state index in [0.717, 1.165) is 0 Å². The molecule has 0 saturated carbocycles. The first-order valence-electron chi connectivity index (χ1n) is 22.9. The third-order valence-electron chi connectivity index (χ3n) is 11.4. The van der Waals surface area contributed by atoms with Gasteiger partial charge in [0.05, 0.1) is 31.4 Å². The summed E-state index contributed by atoms with van der Waals surface area (Å²) in [5.74, 6) is -11.0. The monoisotopic (exact) mass is 978 g/mol. The van der Waals surface area contributed by atoms with E-state index in [-0.39, 0.29) is 44.6 Å². The van der Waals surface area contributed by atoms with Crippen LogP contribution in [0.25, 0.3) is 0 Å². The molecule has 16 N–H and O–H groups in total. The van der Waals surface area contributed by atoms with Crippen molar-refractivity contribution in [3.05, 3.63) is 18.2 Å². The molecule has 2 rings (SSSR count). The Morgan fingerprint density at radius 3 is 1.93 bits per heavy atom. The van der Waals surface area contributed by atoms with Crippen molar-refractivity contribution in [1.29, 1.82) is 0 Å². The van der Waals surface area contributed by atoms with E-state index in [1.807, 2.05) is 13.8 Å². The minimum atomic E-state index is -1.68. The summed E-state index contributed by atoms with van der Waals surface area (Å²) in [5, 5.41) is 37.2. The van der Waals surface area contributed by atoms with Gasteiger partial charge in [-0.25, -0.2) is 9.78 Å². The molecule has 1 saturated heterocycles. The quantitative estimate of drug-likeness (QED) is 0.0361. The summed E-state index contributed by atoms with van der Waals surface area (Å²) in [6, 6.07) is -10.6. The van der Waals surface area contributed by atoms with Crippen LogP contribution < -0.4 is 54.4 Å². The number of aromatic nitrogens is 2. The smallest absolute Gasteiger partial charge is 0.326 e. The van der Waals surface area contributed by atoms with Gasteiger partial charge in [-0.1, -0.05) is 48.0 Å². The van der Waals surface area contributed by atoms with Crippen LogP contribution in [0.1, 0.15) is 99.1 Å². The zero-order valence-corrected chi connectivity index (χ0v) is 40.2. The number of aromatic amines is 1. The fourth-order valence-corrected chi connectivity index (χ4v) is 7.30. The van der Waals surface area contributed by atoms with E-state index < -0.39 is 144 Å².